The molecule has 0 radical (unpaired) electrons. The molecule has 4 heterocycles. The molecule has 42 heavy (non-hydrogen) atoms. The van der Waals surface area contributed by atoms with Gasteiger partial charge in [0, 0.05) is 72.9 Å². The number of ether oxygens (including phenoxy) is 1. The Balaban J connectivity index is 1.54. The molecule has 1 amide bonds. The van der Waals surface area contributed by atoms with Crippen molar-refractivity contribution < 1.29 is 22.7 Å². The molecule has 0 aliphatic carbocycles. The van der Waals surface area contributed by atoms with Crippen LogP contribution in [0, 0.1) is 11.8 Å². The first-order valence-electron chi connectivity index (χ1n) is 14.1. The van der Waals surface area contributed by atoms with Crippen LogP contribution in [-0.4, -0.2) is 49.2 Å². The van der Waals surface area contributed by atoms with E-state index in [9.17, 15) is 18.0 Å². The zero-order chi connectivity index (χ0) is 29.6. The predicted molar refractivity (Wildman–Crippen MR) is 157 cm³/mol. The summed E-state index contributed by atoms with van der Waals surface area (Å²) in [6.07, 6.45) is -0.680. The van der Waals surface area contributed by atoms with Gasteiger partial charge in [-0.15, -0.1) is 0 Å². The molecule has 1 atom stereocenters. The number of methoxy groups -OCH3 is 1. The lowest BCUT2D eigenvalue weighted by atomic mass is 9.83. The molecule has 10 heteroatoms. The van der Waals surface area contributed by atoms with Crippen LogP contribution in [0.15, 0.2) is 60.9 Å². The summed E-state index contributed by atoms with van der Waals surface area (Å²) < 4.78 is 48.8. The van der Waals surface area contributed by atoms with E-state index >= 15 is 0 Å². The van der Waals surface area contributed by atoms with Crippen LogP contribution in [0.5, 0.6) is 5.88 Å². The minimum Gasteiger partial charge on any atom is -0.481 e. The number of rotatable bonds is 5. The summed E-state index contributed by atoms with van der Waals surface area (Å²) in [5, 5.41) is 3.88. The highest BCUT2D eigenvalue weighted by Crippen LogP contribution is 2.46. The number of aromatic nitrogens is 2. The Hall–Kier alpha value is -4.18. The number of pyridine rings is 2. The van der Waals surface area contributed by atoms with Gasteiger partial charge in [0.15, 0.2) is 0 Å². The Kier molecular flexibility index (Phi) is 7.26. The van der Waals surface area contributed by atoms with E-state index in [0.29, 0.717) is 55.1 Å². The van der Waals surface area contributed by atoms with Crippen LogP contribution in [0.25, 0.3) is 22.0 Å². The summed E-state index contributed by atoms with van der Waals surface area (Å²) in [5.74, 6) is -0.139. The van der Waals surface area contributed by atoms with Gasteiger partial charge in [0.1, 0.15) is 0 Å². The lowest BCUT2D eigenvalue weighted by Crippen LogP contribution is -2.44. The number of amides is 1. The van der Waals surface area contributed by atoms with Gasteiger partial charge < -0.3 is 15.0 Å². The first-order chi connectivity index (χ1) is 20.2. The fourth-order valence-electron chi connectivity index (χ4n) is 5.93. The van der Waals surface area contributed by atoms with Gasteiger partial charge >= 0.3 is 6.18 Å². The molecule has 2 aliphatic heterocycles. The maximum absolute atomic E-state index is 14.5. The summed E-state index contributed by atoms with van der Waals surface area (Å²) in [5.41, 5.74) is 3.31. The van der Waals surface area contributed by atoms with Gasteiger partial charge in [-0.1, -0.05) is 19.9 Å². The second-order valence-electron chi connectivity index (χ2n) is 11.1. The van der Waals surface area contributed by atoms with Gasteiger partial charge in [-0.25, -0.2) is 4.98 Å². The summed E-state index contributed by atoms with van der Waals surface area (Å²) in [7, 11) is 1.55. The maximum atomic E-state index is 14.5. The Morgan fingerprint density at radius 1 is 0.976 bits per heavy atom. The van der Waals surface area contributed by atoms with Crippen LogP contribution in [0.3, 0.4) is 0 Å². The van der Waals surface area contributed by atoms with E-state index in [0.717, 1.165) is 22.8 Å². The molecule has 218 valence electrons. The van der Waals surface area contributed by atoms with Crippen molar-refractivity contribution in [3.05, 3.63) is 72.1 Å². The minimum atomic E-state index is -4.59. The fraction of sp³-hybridized carbons (Fsp3) is 0.344. The Morgan fingerprint density at radius 2 is 1.74 bits per heavy atom. The number of nitrogens with zero attached hydrogens (tertiary/aromatic N) is 4. The molecule has 1 N–H and O–H groups in total. The van der Waals surface area contributed by atoms with E-state index < -0.39 is 17.7 Å². The molecule has 1 unspecified atom stereocenters. The van der Waals surface area contributed by atoms with Crippen molar-refractivity contribution in [3.8, 4) is 17.0 Å². The van der Waals surface area contributed by atoms with Gasteiger partial charge in [-0.2, -0.15) is 13.2 Å². The number of alkyl halides is 3. The molecular weight excluding hydrogens is 543 g/mol. The highest BCUT2D eigenvalue weighted by molar-refractivity contribution is 6.12. The van der Waals surface area contributed by atoms with Crippen molar-refractivity contribution in [1.82, 2.24) is 15.3 Å². The second kappa shape index (κ2) is 10.9. The number of hydrogen-bond acceptors (Lipinski definition) is 6. The number of halogens is 3. The van der Waals surface area contributed by atoms with Gasteiger partial charge in [-0.05, 0) is 59.9 Å². The number of benzene rings is 2. The third-order valence-corrected chi connectivity index (χ3v) is 8.20. The van der Waals surface area contributed by atoms with Crippen molar-refractivity contribution >= 4 is 33.9 Å². The zero-order valence-corrected chi connectivity index (χ0v) is 23.7. The molecule has 6 rings (SSSR count). The van der Waals surface area contributed by atoms with E-state index in [1.54, 1.807) is 36.5 Å². The third kappa shape index (κ3) is 5.04. The highest BCUT2D eigenvalue weighted by atomic mass is 19.4. The molecule has 2 aromatic heterocycles. The highest BCUT2D eigenvalue weighted by Gasteiger charge is 2.40. The first kappa shape index (κ1) is 28.0. The molecule has 0 bridgehead atoms. The van der Waals surface area contributed by atoms with Crippen molar-refractivity contribution in [1.29, 1.82) is 0 Å². The lowest BCUT2D eigenvalue weighted by Gasteiger charge is -2.37. The molecule has 7 nitrogen and oxygen atoms in total. The van der Waals surface area contributed by atoms with Gasteiger partial charge in [0.05, 0.1) is 23.9 Å². The van der Waals surface area contributed by atoms with Gasteiger partial charge in [0.25, 0.3) is 0 Å². The fourth-order valence-corrected chi connectivity index (χ4v) is 5.93. The SMILES string of the molecule is COc1ccc(-c2ccc3ncc4c(c3c2)N(c2ccc(N3CCNCC3)c(C(F)(F)F)c2)C(=O)C(C(C)C)C4)cn1. The number of carbonyl (C=O) groups excluding carboxylic acids is 1. The number of anilines is 3. The Bertz CT molecular complexity index is 1630. The zero-order valence-electron chi connectivity index (χ0n) is 23.7. The predicted octanol–water partition coefficient (Wildman–Crippen LogP) is 6.23. The number of nitrogens with one attached hydrogen (secondary N) is 1. The van der Waals surface area contributed by atoms with Crippen LogP contribution in [-0.2, 0) is 17.4 Å². The standard InChI is InChI=1S/C32H32F3N5O2/c1-19(2)24-15-22-18-37-27-7-4-20(21-5-9-29(42-3)38-17-21)14-25(27)30(22)40(31(24)41)23-6-8-28(26(16-23)32(33,34)35)39-12-10-36-11-13-39/h4-9,14,16-19,24,36H,10-13,15H2,1-3H3. The van der Waals surface area contributed by atoms with E-state index in [1.807, 2.05) is 38.1 Å². The van der Waals surface area contributed by atoms with E-state index in [1.165, 1.54) is 11.0 Å². The van der Waals surface area contributed by atoms with Crippen LogP contribution >= 0.6 is 0 Å². The quantitative estimate of drug-likeness (QED) is 0.305. The van der Waals surface area contributed by atoms with Crippen LogP contribution in [0.1, 0.15) is 25.0 Å². The van der Waals surface area contributed by atoms with Crippen molar-refractivity contribution in [2.75, 3.05) is 43.1 Å². The van der Waals surface area contributed by atoms with Crippen molar-refractivity contribution in [2.45, 2.75) is 26.4 Å². The third-order valence-electron chi connectivity index (χ3n) is 8.20. The monoisotopic (exact) mass is 575 g/mol. The molecule has 0 spiro atoms. The number of carbonyl (C=O) groups is 1. The van der Waals surface area contributed by atoms with Gasteiger partial charge in [-0.3, -0.25) is 14.7 Å². The number of fused-ring (bicyclic) bond motifs is 3. The summed E-state index contributed by atoms with van der Waals surface area (Å²) >= 11 is 0. The molecule has 1 saturated heterocycles. The number of piperazine rings is 1. The summed E-state index contributed by atoms with van der Waals surface area (Å²) in [6.45, 7) is 6.09. The van der Waals surface area contributed by atoms with E-state index in [2.05, 4.69) is 15.3 Å². The second-order valence-corrected chi connectivity index (χ2v) is 11.1. The summed E-state index contributed by atoms with van der Waals surface area (Å²) in [6, 6.07) is 13.6. The molecule has 2 aliphatic rings. The minimum absolute atomic E-state index is 0.0113. The Labute approximate surface area is 242 Å². The number of hydrogen-bond donors (Lipinski definition) is 1. The lowest BCUT2D eigenvalue weighted by molar-refractivity contribution is -0.137. The van der Waals surface area contributed by atoms with Crippen LogP contribution in [0.2, 0.25) is 0 Å². The summed E-state index contributed by atoms with van der Waals surface area (Å²) in [4.78, 5) is 26.3. The molecule has 0 saturated carbocycles. The van der Waals surface area contributed by atoms with Crippen molar-refractivity contribution in [3.63, 3.8) is 0 Å². The van der Waals surface area contributed by atoms with Gasteiger partial charge in [0.2, 0.25) is 11.8 Å². The Morgan fingerprint density at radius 3 is 2.40 bits per heavy atom. The molecular formula is C32H32F3N5O2. The topological polar surface area (TPSA) is 70.6 Å². The van der Waals surface area contributed by atoms with E-state index in [-0.39, 0.29) is 23.2 Å². The smallest absolute Gasteiger partial charge is 0.418 e. The normalized spacial score (nSPS) is 17.6. The first-order valence-corrected chi connectivity index (χ1v) is 14.1. The van der Waals surface area contributed by atoms with Crippen LogP contribution < -0.4 is 19.9 Å². The average Bonchev–Trinajstić information content (AvgIpc) is 3.00. The van der Waals surface area contributed by atoms with Crippen molar-refractivity contribution in [2.24, 2.45) is 11.8 Å². The molecule has 4 aromatic rings. The average molecular weight is 576 g/mol. The maximum Gasteiger partial charge on any atom is 0.418 e. The van der Waals surface area contributed by atoms with Crippen LogP contribution in [0.4, 0.5) is 30.2 Å². The largest absolute Gasteiger partial charge is 0.481 e. The molecule has 1 fully saturated rings. The molecule has 2 aromatic carbocycles. The van der Waals surface area contributed by atoms with E-state index in [4.69, 9.17) is 4.74 Å².